The van der Waals surface area contributed by atoms with Gasteiger partial charge in [0.2, 0.25) is 0 Å². The van der Waals surface area contributed by atoms with Gasteiger partial charge in [-0.15, -0.1) is 5.10 Å². The van der Waals surface area contributed by atoms with Crippen LogP contribution < -0.4 is 4.90 Å². The van der Waals surface area contributed by atoms with Gasteiger partial charge in [-0.25, -0.2) is 9.67 Å². The van der Waals surface area contributed by atoms with E-state index in [4.69, 9.17) is 4.74 Å². The molecule has 26 heavy (non-hydrogen) atoms. The van der Waals surface area contributed by atoms with Crippen molar-refractivity contribution < 1.29 is 4.74 Å². The number of rotatable bonds is 4. The summed E-state index contributed by atoms with van der Waals surface area (Å²) in [5, 5.41) is 16.1. The molecule has 0 spiro atoms. The minimum atomic E-state index is -0.153. The van der Waals surface area contributed by atoms with Crippen LogP contribution in [0.3, 0.4) is 0 Å². The molecule has 1 unspecified atom stereocenters. The van der Waals surface area contributed by atoms with Crippen molar-refractivity contribution >= 4 is 5.82 Å². The Hall–Kier alpha value is -2.81. The van der Waals surface area contributed by atoms with Crippen molar-refractivity contribution in [3.05, 3.63) is 47.2 Å². The quantitative estimate of drug-likeness (QED) is 0.692. The van der Waals surface area contributed by atoms with Crippen LogP contribution in [0, 0.1) is 13.8 Å². The summed E-state index contributed by atoms with van der Waals surface area (Å²) in [6.45, 7) is 6.89. The third-order valence-electron chi connectivity index (χ3n) is 4.58. The molecule has 9 nitrogen and oxygen atoms in total. The lowest BCUT2D eigenvalue weighted by atomic mass is 10.2. The lowest BCUT2D eigenvalue weighted by Crippen LogP contribution is -2.39. The lowest BCUT2D eigenvalue weighted by Gasteiger charge is -2.32. The van der Waals surface area contributed by atoms with Crippen LogP contribution in [0.25, 0.3) is 0 Å². The number of pyridine rings is 1. The van der Waals surface area contributed by atoms with Gasteiger partial charge in [0, 0.05) is 25.5 Å². The van der Waals surface area contributed by atoms with Gasteiger partial charge >= 0.3 is 0 Å². The molecule has 0 radical (unpaired) electrons. The normalized spacial score (nSPS) is 17.7. The highest BCUT2D eigenvalue weighted by atomic mass is 16.5. The van der Waals surface area contributed by atoms with Gasteiger partial charge in [0.25, 0.3) is 0 Å². The molecule has 136 valence electrons. The van der Waals surface area contributed by atoms with Crippen LogP contribution in [0.5, 0.6) is 0 Å². The van der Waals surface area contributed by atoms with Crippen LogP contribution >= 0.6 is 0 Å². The van der Waals surface area contributed by atoms with Crippen molar-refractivity contribution in [1.29, 1.82) is 0 Å². The van der Waals surface area contributed by atoms with E-state index in [-0.39, 0.29) is 6.10 Å². The summed E-state index contributed by atoms with van der Waals surface area (Å²) in [7, 11) is 1.82. The fraction of sp³-hybridized carbons (Fsp3) is 0.471. The fourth-order valence-electron chi connectivity index (χ4n) is 3.23. The van der Waals surface area contributed by atoms with Crippen LogP contribution in [-0.2, 0) is 18.3 Å². The number of hydrogen-bond acceptors (Lipinski definition) is 7. The first-order valence-corrected chi connectivity index (χ1v) is 8.65. The van der Waals surface area contributed by atoms with E-state index in [1.807, 2.05) is 24.9 Å². The average Bonchev–Trinajstić information content (AvgIpc) is 3.20. The van der Waals surface area contributed by atoms with Gasteiger partial charge in [-0.05, 0) is 42.0 Å². The standard InChI is InChI=1S/C17H22N8O/c1-12-8-13(2)25(20-12)10-14-4-5-16(18-9-14)24-6-7-26-15(11-24)17-19-21-22-23(17)3/h4-5,8-9,15H,6-7,10-11H2,1-3H3. The second kappa shape index (κ2) is 6.83. The summed E-state index contributed by atoms with van der Waals surface area (Å²) in [6.07, 6.45) is 1.76. The first-order chi connectivity index (χ1) is 12.6. The maximum Gasteiger partial charge on any atom is 0.181 e. The molecule has 4 rings (SSSR count). The maximum atomic E-state index is 5.83. The molecule has 0 amide bonds. The highest BCUT2D eigenvalue weighted by Crippen LogP contribution is 2.23. The van der Waals surface area contributed by atoms with E-state index < -0.39 is 0 Å². The van der Waals surface area contributed by atoms with E-state index in [2.05, 4.69) is 55.6 Å². The van der Waals surface area contributed by atoms with Crippen LogP contribution in [0.15, 0.2) is 24.4 Å². The number of tetrazole rings is 1. The van der Waals surface area contributed by atoms with E-state index in [0.29, 0.717) is 13.2 Å². The highest BCUT2D eigenvalue weighted by Gasteiger charge is 2.26. The van der Waals surface area contributed by atoms with Gasteiger partial charge in [-0.2, -0.15) is 5.10 Å². The van der Waals surface area contributed by atoms with Crippen molar-refractivity contribution in [2.24, 2.45) is 7.05 Å². The van der Waals surface area contributed by atoms with E-state index in [0.717, 1.165) is 41.7 Å². The first kappa shape index (κ1) is 16.6. The third kappa shape index (κ3) is 3.30. The van der Waals surface area contributed by atoms with Crippen LogP contribution in [0.4, 0.5) is 5.82 Å². The predicted molar refractivity (Wildman–Crippen MR) is 94.7 cm³/mol. The summed E-state index contributed by atoms with van der Waals surface area (Å²) in [6, 6.07) is 6.24. The number of anilines is 1. The Kier molecular flexibility index (Phi) is 4.37. The molecule has 1 saturated heterocycles. The minimum absolute atomic E-state index is 0.153. The SMILES string of the molecule is Cc1cc(C)n(Cc2ccc(N3CCOC(c4nnnn4C)C3)nc2)n1. The van der Waals surface area contributed by atoms with Crippen molar-refractivity contribution in [3.63, 3.8) is 0 Å². The smallest absolute Gasteiger partial charge is 0.181 e. The molecule has 4 heterocycles. The number of nitrogens with zero attached hydrogens (tertiary/aromatic N) is 8. The van der Waals surface area contributed by atoms with Gasteiger partial charge in [0.05, 0.1) is 25.4 Å². The largest absolute Gasteiger partial charge is 0.366 e. The number of morpholine rings is 1. The van der Waals surface area contributed by atoms with E-state index in [9.17, 15) is 0 Å². The van der Waals surface area contributed by atoms with Gasteiger partial charge < -0.3 is 9.64 Å². The van der Waals surface area contributed by atoms with Gasteiger partial charge in [0.15, 0.2) is 5.82 Å². The molecular formula is C17H22N8O. The molecule has 9 heteroatoms. The van der Waals surface area contributed by atoms with E-state index in [1.54, 1.807) is 4.68 Å². The predicted octanol–water partition coefficient (Wildman–Crippen LogP) is 1.04. The number of aryl methyl sites for hydroxylation is 3. The molecule has 0 aliphatic carbocycles. The van der Waals surface area contributed by atoms with Crippen LogP contribution in [0.2, 0.25) is 0 Å². The van der Waals surface area contributed by atoms with Crippen molar-refractivity contribution in [3.8, 4) is 0 Å². The topological polar surface area (TPSA) is 86.8 Å². The molecule has 3 aromatic heterocycles. The average molecular weight is 354 g/mol. The minimum Gasteiger partial charge on any atom is -0.366 e. The molecule has 1 aliphatic heterocycles. The van der Waals surface area contributed by atoms with Crippen LogP contribution in [0.1, 0.15) is 28.9 Å². The maximum absolute atomic E-state index is 5.83. The molecule has 0 aromatic carbocycles. The zero-order chi connectivity index (χ0) is 18.1. The second-order valence-corrected chi connectivity index (χ2v) is 6.58. The number of hydrogen-bond donors (Lipinski definition) is 0. The summed E-state index contributed by atoms with van der Waals surface area (Å²) in [5.74, 6) is 1.67. The molecule has 3 aromatic rings. The Bertz CT molecular complexity index is 885. The Morgan fingerprint density at radius 1 is 1.27 bits per heavy atom. The van der Waals surface area contributed by atoms with E-state index >= 15 is 0 Å². The summed E-state index contributed by atoms with van der Waals surface area (Å²) in [4.78, 5) is 6.85. The van der Waals surface area contributed by atoms with E-state index in [1.165, 1.54) is 0 Å². The lowest BCUT2D eigenvalue weighted by molar-refractivity contribution is 0.0313. The number of ether oxygens (including phenoxy) is 1. The first-order valence-electron chi connectivity index (χ1n) is 8.65. The molecular weight excluding hydrogens is 332 g/mol. The Morgan fingerprint density at radius 2 is 2.15 bits per heavy atom. The van der Waals surface area contributed by atoms with Gasteiger partial charge in [0.1, 0.15) is 11.9 Å². The molecule has 0 bridgehead atoms. The Balaban J connectivity index is 1.46. The molecule has 1 fully saturated rings. The zero-order valence-corrected chi connectivity index (χ0v) is 15.2. The monoisotopic (exact) mass is 354 g/mol. The van der Waals surface area contributed by atoms with Crippen LogP contribution in [-0.4, -0.2) is 54.7 Å². The number of aromatic nitrogens is 7. The zero-order valence-electron chi connectivity index (χ0n) is 15.2. The Morgan fingerprint density at radius 3 is 2.81 bits per heavy atom. The summed E-state index contributed by atoms with van der Waals surface area (Å²) >= 11 is 0. The molecule has 1 aliphatic rings. The third-order valence-corrected chi connectivity index (χ3v) is 4.58. The summed E-state index contributed by atoms with van der Waals surface area (Å²) < 4.78 is 9.48. The highest BCUT2D eigenvalue weighted by molar-refractivity contribution is 5.40. The van der Waals surface area contributed by atoms with Crippen molar-refractivity contribution in [2.45, 2.75) is 26.5 Å². The van der Waals surface area contributed by atoms with Gasteiger partial charge in [-0.1, -0.05) is 6.07 Å². The summed E-state index contributed by atoms with van der Waals surface area (Å²) in [5.41, 5.74) is 3.31. The van der Waals surface area contributed by atoms with Crippen molar-refractivity contribution in [2.75, 3.05) is 24.6 Å². The van der Waals surface area contributed by atoms with Crippen molar-refractivity contribution in [1.82, 2.24) is 35.0 Å². The Labute approximate surface area is 151 Å². The molecule has 0 N–H and O–H groups in total. The second-order valence-electron chi connectivity index (χ2n) is 6.58. The van der Waals surface area contributed by atoms with Gasteiger partial charge in [-0.3, -0.25) is 4.68 Å². The fourth-order valence-corrected chi connectivity index (χ4v) is 3.23. The molecule has 1 atom stereocenters. The molecule has 0 saturated carbocycles.